The van der Waals surface area contributed by atoms with Crippen molar-refractivity contribution in [1.82, 2.24) is 5.32 Å². The van der Waals surface area contributed by atoms with Crippen LogP contribution < -0.4 is 5.32 Å². The summed E-state index contributed by atoms with van der Waals surface area (Å²) in [5.41, 5.74) is 0.961. The van der Waals surface area contributed by atoms with E-state index in [1.54, 1.807) is 0 Å². The number of carbonyl (C=O) groups excluding carboxylic acids is 2. The van der Waals surface area contributed by atoms with Crippen molar-refractivity contribution >= 4 is 23.0 Å². The van der Waals surface area contributed by atoms with E-state index in [0.29, 0.717) is 18.1 Å². The number of amides is 1. The molecule has 0 aliphatic carbocycles. The van der Waals surface area contributed by atoms with Crippen LogP contribution in [0.5, 0.6) is 0 Å². The fourth-order valence-electron chi connectivity index (χ4n) is 3.96. The van der Waals surface area contributed by atoms with Crippen molar-refractivity contribution in [3.63, 3.8) is 0 Å². The normalized spacial score (nSPS) is 41.0. The Bertz CT molecular complexity index is 703. The van der Waals surface area contributed by atoms with Crippen molar-refractivity contribution in [1.29, 1.82) is 0 Å². The van der Waals surface area contributed by atoms with Gasteiger partial charge in [0.05, 0.1) is 12.1 Å². The molecule has 0 aromatic heterocycles. The number of carbonyl (C=O) groups is 2. The lowest BCUT2D eigenvalue weighted by atomic mass is 9.90. The maximum atomic E-state index is 12.4. The molecule has 3 heterocycles. The first-order chi connectivity index (χ1) is 13.8. The number of thioether (sulfide) groups is 1. The quantitative estimate of drug-likeness (QED) is 0.626. The lowest BCUT2D eigenvalue weighted by Gasteiger charge is -2.43. The van der Waals surface area contributed by atoms with E-state index in [4.69, 9.17) is 9.47 Å². The van der Waals surface area contributed by atoms with Crippen LogP contribution in [-0.2, 0) is 14.3 Å². The summed E-state index contributed by atoms with van der Waals surface area (Å²) in [6.07, 6.45) is 13.2. The number of esters is 1. The number of hydrogen-bond acceptors (Lipinski definition) is 6. The number of hydrogen-bond donors (Lipinski definition) is 2. The summed E-state index contributed by atoms with van der Waals surface area (Å²) >= 11 is 1.14. The maximum absolute atomic E-state index is 12.4. The highest BCUT2D eigenvalue weighted by Gasteiger charge is 2.49. The maximum Gasteiger partial charge on any atom is 0.330 e. The molecule has 160 valence electrons. The molecule has 2 bridgehead atoms. The van der Waals surface area contributed by atoms with Gasteiger partial charge in [-0.1, -0.05) is 48.6 Å². The number of allylic oxidation sites excluding steroid dienone is 5. The predicted molar refractivity (Wildman–Crippen MR) is 113 cm³/mol. The van der Waals surface area contributed by atoms with Crippen molar-refractivity contribution in [3.8, 4) is 0 Å². The van der Waals surface area contributed by atoms with Crippen molar-refractivity contribution in [2.75, 3.05) is 5.75 Å². The summed E-state index contributed by atoms with van der Waals surface area (Å²) in [4.78, 5) is 24.0. The van der Waals surface area contributed by atoms with Crippen LogP contribution in [0.2, 0.25) is 0 Å². The van der Waals surface area contributed by atoms with Crippen molar-refractivity contribution < 1.29 is 24.2 Å². The van der Waals surface area contributed by atoms with E-state index < -0.39 is 17.9 Å². The van der Waals surface area contributed by atoms with Gasteiger partial charge in [0.2, 0.25) is 0 Å². The second-order valence-corrected chi connectivity index (χ2v) is 9.27. The Hall–Kier alpha value is -1.57. The second-order valence-electron chi connectivity index (χ2n) is 8.28. The minimum absolute atomic E-state index is 0.159. The fraction of sp³-hybridized carbons (Fsp3) is 0.636. The standard InChI is InChI=1S/C22H31NO5S/c1-15-7-5-3-4-6-8-16(2)11-20(24)27-18-12-17(10-9-15)28-22(26,13-18)19-14-29-21(25)23-19/h3-5,7,11,15,17-19,26H,6,8-10,12-14H2,1-2H3,(H,23,25)/b4-3+,7-5-,16-11-/t15-,17?,18-,19-,22-/m1/s1. The average molecular weight is 422 g/mol. The molecule has 1 unspecified atom stereocenters. The molecule has 3 aliphatic rings. The molecule has 1 amide bonds. The van der Waals surface area contributed by atoms with Crippen LogP contribution in [0.4, 0.5) is 4.79 Å². The van der Waals surface area contributed by atoms with Crippen LogP contribution in [0.15, 0.2) is 36.0 Å². The highest BCUT2D eigenvalue weighted by molar-refractivity contribution is 8.14. The van der Waals surface area contributed by atoms with Crippen LogP contribution >= 0.6 is 11.8 Å². The van der Waals surface area contributed by atoms with Gasteiger partial charge >= 0.3 is 5.97 Å². The first kappa shape index (κ1) is 22.1. The first-order valence-electron chi connectivity index (χ1n) is 10.4. The van der Waals surface area contributed by atoms with Gasteiger partial charge in [-0.25, -0.2) is 4.79 Å². The smallest absolute Gasteiger partial charge is 0.330 e. The average Bonchev–Trinajstić information content (AvgIpc) is 3.09. The van der Waals surface area contributed by atoms with Crippen LogP contribution in [0.3, 0.4) is 0 Å². The summed E-state index contributed by atoms with van der Waals surface area (Å²) in [5.74, 6) is -1.10. The molecule has 5 atom stereocenters. The molecule has 3 aliphatic heterocycles. The van der Waals surface area contributed by atoms with Gasteiger partial charge in [0, 0.05) is 24.7 Å². The third-order valence-corrected chi connectivity index (χ3v) is 6.50. The molecule has 2 N–H and O–H groups in total. The number of rotatable bonds is 1. The van der Waals surface area contributed by atoms with Crippen LogP contribution in [0.1, 0.15) is 52.4 Å². The van der Waals surface area contributed by atoms with Crippen molar-refractivity contribution in [2.24, 2.45) is 5.92 Å². The van der Waals surface area contributed by atoms with Gasteiger partial charge < -0.3 is 19.9 Å². The largest absolute Gasteiger partial charge is 0.459 e. The van der Waals surface area contributed by atoms with E-state index in [1.165, 1.54) is 6.08 Å². The summed E-state index contributed by atoms with van der Waals surface area (Å²) in [5, 5.41) is 13.8. The molecule has 3 rings (SSSR count). The summed E-state index contributed by atoms with van der Waals surface area (Å²) in [6, 6.07) is -0.505. The Morgan fingerprint density at radius 3 is 2.83 bits per heavy atom. The Labute approximate surface area is 176 Å². The number of ether oxygens (including phenoxy) is 2. The Kier molecular flexibility index (Phi) is 7.60. The number of nitrogens with one attached hydrogen (secondary N) is 1. The third-order valence-electron chi connectivity index (χ3n) is 5.62. The second kappa shape index (κ2) is 9.96. The molecular formula is C22H31NO5S. The molecule has 29 heavy (non-hydrogen) atoms. The van der Waals surface area contributed by atoms with E-state index >= 15 is 0 Å². The molecule has 0 spiro atoms. The van der Waals surface area contributed by atoms with Gasteiger partial charge in [-0.05, 0) is 38.5 Å². The van der Waals surface area contributed by atoms with E-state index in [2.05, 4.69) is 30.5 Å². The molecule has 7 heteroatoms. The topological polar surface area (TPSA) is 84.9 Å². The van der Waals surface area contributed by atoms with Gasteiger partial charge in [-0.2, -0.15) is 0 Å². The minimum atomic E-state index is -1.53. The summed E-state index contributed by atoms with van der Waals surface area (Å²) < 4.78 is 11.8. The fourth-order valence-corrected chi connectivity index (χ4v) is 4.85. The third kappa shape index (κ3) is 6.46. The van der Waals surface area contributed by atoms with Gasteiger partial charge in [0.15, 0.2) is 5.79 Å². The molecular weight excluding hydrogens is 390 g/mol. The Morgan fingerprint density at radius 2 is 2.07 bits per heavy atom. The van der Waals surface area contributed by atoms with E-state index in [-0.39, 0.29) is 23.7 Å². The summed E-state index contributed by atoms with van der Waals surface area (Å²) in [7, 11) is 0. The van der Waals surface area contributed by atoms with Crippen LogP contribution in [-0.4, -0.2) is 46.1 Å². The molecule has 6 nitrogen and oxygen atoms in total. The lowest BCUT2D eigenvalue weighted by molar-refractivity contribution is -0.283. The van der Waals surface area contributed by atoms with E-state index in [1.807, 2.05) is 13.0 Å². The van der Waals surface area contributed by atoms with Gasteiger partial charge in [-0.3, -0.25) is 4.79 Å². The number of fused-ring (bicyclic) bond motifs is 2. The molecule has 0 aromatic rings. The van der Waals surface area contributed by atoms with E-state index in [9.17, 15) is 14.7 Å². The zero-order valence-corrected chi connectivity index (χ0v) is 18.0. The zero-order chi connectivity index (χ0) is 20.9. The molecule has 2 saturated heterocycles. The number of aliphatic hydroxyl groups is 1. The first-order valence-corrected chi connectivity index (χ1v) is 11.4. The van der Waals surface area contributed by atoms with Crippen LogP contribution in [0.25, 0.3) is 0 Å². The minimum Gasteiger partial charge on any atom is -0.459 e. The van der Waals surface area contributed by atoms with E-state index in [0.717, 1.165) is 43.0 Å². The molecule has 0 aromatic carbocycles. The van der Waals surface area contributed by atoms with Crippen molar-refractivity contribution in [2.45, 2.75) is 76.4 Å². The highest BCUT2D eigenvalue weighted by atomic mass is 32.2. The van der Waals surface area contributed by atoms with Gasteiger partial charge in [0.25, 0.3) is 5.24 Å². The molecule has 2 fully saturated rings. The molecule has 0 saturated carbocycles. The van der Waals surface area contributed by atoms with Crippen molar-refractivity contribution in [3.05, 3.63) is 36.0 Å². The Balaban J connectivity index is 1.78. The monoisotopic (exact) mass is 421 g/mol. The SMILES string of the molecule is C/C1=C/C(=O)O[C@@H]2CC(CC[C@H](C)/C=C\C=C\CC1)O[C@@](O)([C@H]1CSC(=O)N1)C2. The zero-order valence-electron chi connectivity index (χ0n) is 17.1. The predicted octanol–water partition coefficient (Wildman–Crippen LogP) is 3.86. The molecule has 0 radical (unpaired) electrons. The van der Waals surface area contributed by atoms with Crippen LogP contribution in [0, 0.1) is 5.92 Å². The van der Waals surface area contributed by atoms with Gasteiger partial charge in [-0.15, -0.1) is 0 Å². The summed E-state index contributed by atoms with van der Waals surface area (Å²) in [6.45, 7) is 4.07. The van der Waals surface area contributed by atoms with Gasteiger partial charge in [0.1, 0.15) is 6.10 Å². The lowest BCUT2D eigenvalue weighted by Crippen LogP contribution is -2.58. The Morgan fingerprint density at radius 1 is 1.24 bits per heavy atom. The highest BCUT2D eigenvalue weighted by Crippen LogP contribution is 2.36.